The molecule has 0 saturated heterocycles. The lowest BCUT2D eigenvalue weighted by Crippen LogP contribution is -2.07. The normalized spacial score (nSPS) is 12.4. The number of aromatic nitrogens is 3. The van der Waals surface area contributed by atoms with E-state index in [-0.39, 0.29) is 10.4 Å². The van der Waals surface area contributed by atoms with Gasteiger partial charge >= 0.3 is 6.18 Å². The van der Waals surface area contributed by atoms with Crippen LogP contribution in [0.25, 0.3) is 27.7 Å². The molecule has 2 aromatic heterocycles. The molecule has 0 aliphatic heterocycles. The highest BCUT2D eigenvalue weighted by molar-refractivity contribution is 7.90. The maximum Gasteiger partial charge on any atom is 0.418 e. The van der Waals surface area contributed by atoms with Gasteiger partial charge < -0.3 is 0 Å². The van der Waals surface area contributed by atoms with Gasteiger partial charge in [0.1, 0.15) is 0 Å². The summed E-state index contributed by atoms with van der Waals surface area (Å²) in [6.45, 7) is 1.77. The first-order chi connectivity index (χ1) is 14.1. The number of nitrogens with zero attached hydrogens (tertiary/aromatic N) is 3. The Hall–Kier alpha value is -3.20. The Morgan fingerprint density at radius 1 is 1.03 bits per heavy atom. The van der Waals surface area contributed by atoms with Crippen LogP contribution < -0.4 is 0 Å². The summed E-state index contributed by atoms with van der Waals surface area (Å²) in [6, 6.07) is 10.3. The molecule has 0 N–H and O–H groups in total. The molecule has 5 nitrogen and oxygen atoms in total. The van der Waals surface area contributed by atoms with Crippen molar-refractivity contribution >= 4 is 20.7 Å². The summed E-state index contributed by atoms with van der Waals surface area (Å²) in [6.07, 6.45) is 1.20. The quantitative estimate of drug-likeness (QED) is 0.467. The highest BCUT2D eigenvalue weighted by atomic mass is 32.2. The minimum Gasteiger partial charge on any atom is -0.255 e. The van der Waals surface area contributed by atoms with Gasteiger partial charge in [-0.05, 0) is 42.3 Å². The molecular weight excluding hydrogens is 415 g/mol. The van der Waals surface area contributed by atoms with Crippen molar-refractivity contribution < 1.29 is 21.6 Å². The fourth-order valence-corrected chi connectivity index (χ4v) is 4.04. The fraction of sp³-hybridized carbons (Fsp3) is 0.143. The number of rotatable bonds is 3. The van der Waals surface area contributed by atoms with Crippen LogP contribution in [0.3, 0.4) is 0 Å². The largest absolute Gasteiger partial charge is 0.418 e. The lowest BCUT2D eigenvalue weighted by atomic mass is 9.97. The van der Waals surface area contributed by atoms with Crippen LogP contribution in [0.5, 0.6) is 0 Å². The fourth-order valence-electron chi connectivity index (χ4n) is 3.38. The van der Waals surface area contributed by atoms with Gasteiger partial charge in [-0.15, -0.1) is 0 Å². The van der Waals surface area contributed by atoms with Crippen LogP contribution in [0.15, 0.2) is 66.0 Å². The Balaban J connectivity index is 1.88. The van der Waals surface area contributed by atoms with Crippen molar-refractivity contribution in [1.82, 2.24) is 14.8 Å². The minimum absolute atomic E-state index is 0.127. The summed E-state index contributed by atoms with van der Waals surface area (Å²) in [7, 11) is -3.39. The molecule has 0 radical (unpaired) electrons. The molecule has 30 heavy (non-hydrogen) atoms. The second-order valence-electron chi connectivity index (χ2n) is 6.96. The molecule has 0 aliphatic carbocycles. The highest BCUT2D eigenvalue weighted by Gasteiger charge is 2.33. The summed E-state index contributed by atoms with van der Waals surface area (Å²) in [4.78, 5) is 4.17. The predicted molar refractivity (Wildman–Crippen MR) is 107 cm³/mol. The molecule has 9 heteroatoms. The number of alkyl halides is 3. The van der Waals surface area contributed by atoms with E-state index < -0.39 is 21.6 Å². The Kier molecular flexibility index (Phi) is 4.65. The first-order valence-corrected chi connectivity index (χ1v) is 10.8. The van der Waals surface area contributed by atoms with Crippen molar-refractivity contribution in [3.8, 4) is 16.8 Å². The zero-order chi connectivity index (χ0) is 21.7. The summed E-state index contributed by atoms with van der Waals surface area (Å²) in [5.74, 6) is 0. The molecule has 0 bridgehead atoms. The molecule has 4 aromatic rings. The maximum absolute atomic E-state index is 13.4. The van der Waals surface area contributed by atoms with Crippen molar-refractivity contribution in [2.24, 2.45) is 0 Å². The van der Waals surface area contributed by atoms with Gasteiger partial charge in [-0.1, -0.05) is 18.2 Å². The summed E-state index contributed by atoms with van der Waals surface area (Å²) in [5.41, 5.74) is 1.50. The van der Waals surface area contributed by atoms with E-state index in [4.69, 9.17) is 0 Å². The van der Waals surface area contributed by atoms with Gasteiger partial charge in [0, 0.05) is 29.6 Å². The van der Waals surface area contributed by atoms with Gasteiger partial charge in [-0.25, -0.2) is 13.1 Å². The first kappa shape index (κ1) is 20.1. The molecule has 0 aliphatic rings. The molecule has 4 rings (SSSR count). The van der Waals surface area contributed by atoms with Crippen LogP contribution in [0, 0.1) is 6.92 Å². The highest BCUT2D eigenvalue weighted by Crippen LogP contribution is 2.38. The SMILES string of the molecule is Cc1cnc2c(C(F)(F)F)cccc2c1-c1cnn(-c2cccc(S(C)(=O)=O)c2)c1. The molecule has 0 spiro atoms. The standard InChI is InChI=1S/C21H16F3N3O2S/c1-13-10-25-20-17(7-4-8-18(20)21(22,23)24)19(13)14-11-26-27(12-14)15-5-3-6-16(9-15)30(2,28)29/h3-12H,1-2H3. The van der Waals surface area contributed by atoms with Gasteiger partial charge in [0.15, 0.2) is 9.84 Å². The van der Waals surface area contributed by atoms with E-state index in [0.717, 1.165) is 12.3 Å². The first-order valence-electron chi connectivity index (χ1n) is 8.87. The third-order valence-corrected chi connectivity index (χ3v) is 5.88. The van der Waals surface area contributed by atoms with Crippen LogP contribution in [0.4, 0.5) is 13.2 Å². The van der Waals surface area contributed by atoms with Crippen molar-refractivity contribution in [2.45, 2.75) is 18.0 Å². The number of aryl methyl sites for hydroxylation is 1. The summed E-state index contributed by atoms with van der Waals surface area (Å²) >= 11 is 0. The topological polar surface area (TPSA) is 64.8 Å². The van der Waals surface area contributed by atoms with E-state index in [0.29, 0.717) is 27.8 Å². The molecule has 0 amide bonds. The van der Waals surface area contributed by atoms with E-state index >= 15 is 0 Å². The van der Waals surface area contributed by atoms with E-state index in [1.807, 2.05) is 0 Å². The summed E-state index contributed by atoms with van der Waals surface area (Å²) < 4.78 is 65.3. The maximum atomic E-state index is 13.4. The lowest BCUT2D eigenvalue weighted by molar-refractivity contribution is -0.136. The third-order valence-electron chi connectivity index (χ3n) is 4.77. The number of halogens is 3. The number of para-hydroxylation sites is 1. The zero-order valence-corrected chi connectivity index (χ0v) is 16.8. The Bertz CT molecular complexity index is 1380. The predicted octanol–water partition coefficient (Wildman–Crippen LogP) is 4.82. The molecule has 154 valence electrons. The van der Waals surface area contributed by atoms with Gasteiger partial charge in [-0.2, -0.15) is 18.3 Å². The number of fused-ring (bicyclic) bond motifs is 1. The number of sulfone groups is 1. The van der Waals surface area contributed by atoms with Crippen LogP contribution in [-0.2, 0) is 16.0 Å². The van der Waals surface area contributed by atoms with E-state index in [2.05, 4.69) is 10.1 Å². The molecule has 2 heterocycles. The Morgan fingerprint density at radius 3 is 2.47 bits per heavy atom. The molecule has 0 saturated carbocycles. The summed E-state index contributed by atoms with van der Waals surface area (Å²) in [5, 5.41) is 4.65. The molecular formula is C21H16F3N3O2S. The zero-order valence-electron chi connectivity index (χ0n) is 16.0. The van der Waals surface area contributed by atoms with Crippen molar-refractivity contribution in [3.05, 3.63) is 72.2 Å². The van der Waals surface area contributed by atoms with Gasteiger partial charge in [-0.3, -0.25) is 4.98 Å². The van der Waals surface area contributed by atoms with Gasteiger partial charge in [0.05, 0.1) is 27.9 Å². The average Bonchev–Trinajstić information content (AvgIpc) is 3.15. The molecule has 2 aromatic carbocycles. The Labute approximate surface area is 170 Å². The van der Waals surface area contributed by atoms with Crippen LogP contribution in [-0.4, -0.2) is 29.4 Å². The Morgan fingerprint density at radius 2 is 1.77 bits per heavy atom. The molecule has 0 atom stereocenters. The van der Waals surface area contributed by atoms with Crippen LogP contribution >= 0.6 is 0 Å². The minimum atomic E-state index is -4.52. The number of hydrogen-bond donors (Lipinski definition) is 0. The average molecular weight is 431 g/mol. The van der Waals surface area contributed by atoms with Crippen LogP contribution in [0.1, 0.15) is 11.1 Å². The number of hydrogen-bond acceptors (Lipinski definition) is 4. The second-order valence-corrected chi connectivity index (χ2v) is 8.97. The third kappa shape index (κ3) is 3.56. The van der Waals surface area contributed by atoms with Gasteiger partial charge in [0.2, 0.25) is 0 Å². The van der Waals surface area contributed by atoms with E-state index in [1.165, 1.54) is 35.3 Å². The molecule has 0 fully saturated rings. The van der Waals surface area contributed by atoms with Crippen molar-refractivity contribution in [3.63, 3.8) is 0 Å². The smallest absolute Gasteiger partial charge is 0.255 e. The molecule has 0 unspecified atom stereocenters. The number of pyridine rings is 1. The lowest BCUT2D eigenvalue weighted by Gasteiger charge is -2.13. The number of benzene rings is 2. The van der Waals surface area contributed by atoms with E-state index in [9.17, 15) is 21.6 Å². The van der Waals surface area contributed by atoms with Crippen molar-refractivity contribution in [1.29, 1.82) is 0 Å². The second kappa shape index (κ2) is 6.94. The van der Waals surface area contributed by atoms with Crippen LogP contribution in [0.2, 0.25) is 0 Å². The van der Waals surface area contributed by atoms with E-state index in [1.54, 1.807) is 31.3 Å². The monoisotopic (exact) mass is 431 g/mol. The van der Waals surface area contributed by atoms with Crippen molar-refractivity contribution in [2.75, 3.05) is 6.26 Å². The van der Waals surface area contributed by atoms with Gasteiger partial charge in [0.25, 0.3) is 0 Å².